The summed E-state index contributed by atoms with van der Waals surface area (Å²) in [5, 5.41) is 31.5. The lowest BCUT2D eigenvalue weighted by atomic mass is 9.98. The van der Waals surface area contributed by atoms with Gasteiger partial charge in [-0.3, -0.25) is 14.4 Å². The zero-order chi connectivity index (χ0) is 54.7. The van der Waals surface area contributed by atoms with Crippen molar-refractivity contribution in [2.45, 2.75) is 302 Å². The number of aliphatic hydroxyl groups excluding tert-OH is 2. The highest BCUT2D eigenvalue weighted by molar-refractivity contribution is 5.74. The van der Waals surface area contributed by atoms with Gasteiger partial charge in [0.05, 0.1) is 6.61 Å². The first kappa shape index (κ1) is 69.4. The lowest BCUT2D eigenvalue weighted by Crippen LogP contribution is -2.61. The quantitative estimate of drug-likeness (QED) is 0.0228. The molecule has 0 spiro atoms. The molecule has 1 aliphatic heterocycles. The minimum Gasteiger partial charge on any atom is -0.479 e. The van der Waals surface area contributed by atoms with Crippen LogP contribution in [0.3, 0.4) is 0 Å². The molecule has 0 bridgehead atoms. The van der Waals surface area contributed by atoms with Gasteiger partial charge in [0.25, 0.3) is 0 Å². The van der Waals surface area contributed by atoms with Gasteiger partial charge in [-0.05, 0) is 83.5 Å². The zero-order valence-corrected chi connectivity index (χ0v) is 47.5. The summed E-state index contributed by atoms with van der Waals surface area (Å²) in [4.78, 5) is 51.1. The van der Waals surface area contributed by atoms with Gasteiger partial charge < -0.3 is 39.0 Å². The maximum atomic E-state index is 13.1. The van der Waals surface area contributed by atoms with Crippen molar-refractivity contribution in [3.05, 3.63) is 60.8 Å². The van der Waals surface area contributed by atoms with Gasteiger partial charge in [-0.15, -0.1) is 0 Å². The third-order valence-electron chi connectivity index (χ3n) is 13.6. The van der Waals surface area contributed by atoms with Crippen LogP contribution in [0.5, 0.6) is 0 Å². The average Bonchev–Trinajstić information content (AvgIpc) is 3.39. The molecule has 0 aromatic rings. The number of allylic oxidation sites excluding steroid dienone is 10. The first-order chi connectivity index (χ1) is 36.6. The Morgan fingerprint density at radius 1 is 0.453 bits per heavy atom. The van der Waals surface area contributed by atoms with Crippen LogP contribution in [0.2, 0.25) is 0 Å². The fraction of sp³-hybridized carbons (Fsp3) is 0.778. The lowest BCUT2D eigenvalue weighted by Gasteiger charge is -2.40. The van der Waals surface area contributed by atoms with Crippen molar-refractivity contribution in [2.24, 2.45) is 0 Å². The molecule has 6 atom stereocenters. The molecule has 1 saturated heterocycles. The largest absolute Gasteiger partial charge is 0.479 e. The van der Waals surface area contributed by atoms with Gasteiger partial charge in [0.15, 0.2) is 24.6 Å². The number of hydrogen-bond donors (Lipinski definition) is 3. The molecule has 12 heteroatoms. The summed E-state index contributed by atoms with van der Waals surface area (Å²) in [6, 6.07) is 0. The van der Waals surface area contributed by atoms with E-state index in [0.29, 0.717) is 19.3 Å². The van der Waals surface area contributed by atoms with Crippen LogP contribution >= 0.6 is 0 Å². The number of aliphatic hydroxyl groups is 2. The van der Waals surface area contributed by atoms with E-state index in [9.17, 15) is 34.5 Å². The van der Waals surface area contributed by atoms with Gasteiger partial charge in [-0.1, -0.05) is 223 Å². The van der Waals surface area contributed by atoms with E-state index in [1.54, 1.807) is 0 Å². The van der Waals surface area contributed by atoms with E-state index < -0.39 is 67.3 Å². The highest BCUT2D eigenvalue weighted by Gasteiger charge is 2.50. The molecule has 3 N–H and O–H groups in total. The minimum atomic E-state index is -1.91. The van der Waals surface area contributed by atoms with Crippen molar-refractivity contribution in [1.29, 1.82) is 0 Å². The summed E-state index contributed by atoms with van der Waals surface area (Å²) in [7, 11) is 0. The molecule has 0 amide bonds. The Bertz CT molecular complexity index is 1540. The predicted octanol–water partition coefficient (Wildman–Crippen LogP) is 15.6. The number of ether oxygens (including phenoxy) is 5. The van der Waals surface area contributed by atoms with Crippen LogP contribution in [0.25, 0.3) is 0 Å². The summed E-state index contributed by atoms with van der Waals surface area (Å²) in [6.45, 7) is 5.85. The van der Waals surface area contributed by atoms with Gasteiger partial charge in [0.1, 0.15) is 18.8 Å². The lowest BCUT2D eigenvalue weighted by molar-refractivity contribution is -0.301. The predicted molar refractivity (Wildman–Crippen MR) is 303 cm³/mol. The zero-order valence-electron chi connectivity index (χ0n) is 47.5. The number of carbonyl (C=O) groups excluding carboxylic acids is 3. The Balaban J connectivity index is 2.66. The molecule has 0 saturated carbocycles. The number of rotatable bonds is 51. The topological polar surface area (TPSA) is 175 Å². The van der Waals surface area contributed by atoms with Gasteiger partial charge in [-0.2, -0.15) is 0 Å². The highest BCUT2D eigenvalue weighted by Crippen LogP contribution is 2.26. The maximum absolute atomic E-state index is 13.1. The van der Waals surface area contributed by atoms with E-state index in [-0.39, 0.29) is 25.9 Å². The van der Waals surface area contributed by atoms with E-state index in [1.807, 2.05) is 0 Å². The SMILES string of the molecule is CC/C=C\C/C=C\C/C=C\CCCCCCCCCC(=O)OC1C(OCC(COC(=O)CCCCCCCCC/C=C\C/C=C\CCCCC)OC(=O)CCCCCCCCCCCCC)OC(C(=O)O)C(O)C1O. The van der Waals surface area contributed by atoms with E-state index in [2.05, 4.69) is 81.5 Å². The standard InChI is InChI=1S/C63H108O12/c1-4-7-10-13-16-19-22-24-26-28-30-32-35-37-40-43-46-49-55(64)71-52-54(73-56(65)50-47-44-41-38-34-21-18-15-12-9-6-3)53-72-63-61(59(68)58(67)60(75-63)62(69)70)74-57(66)51-48-45-42-39-36-33-31-29-27-25-23-20-17-14-11-8-5-2/h8,11,16-17,19-20,24-27,54,58-61,63,67-68H,4-7,9-10,12-15,18,21-23,28-53H2,1-3H3,(H,69,70)/b11-8-,19-16-,20-17-,26-24-,27-25-. The number of esters is 3. The molecular weight excluding hydrogens is 949 g/mol. The van der Waals surface area contributed by atoms with Crippen LogP contribution in [0, 0.1) is 0 Å². The molecule has 1 rings (SSSR count). The van der Waals surface area contributed by atoms with Gasteiger partial charge in [0.2, 0.25) is 0 Å². The monoisotopic (exact) mass is 1060 g/mol. The molecular formula is C63H108O12. The second-order valence-electron chi connectivity index (χ2n) is 20.6. The Kier molecular flexibility index (Phi) is 47.4. The Morgan fingerprint density at radius 2 is 0.840 bits per heavy atom. The number of carboxylic acids is 1. The molecule has 6 unspecified atom stereocenters. The van der Waals surface area contributed by atoms with Crippen molar-refractivity contribution in [3.8, 4) is 0 Å². The van der Waals surface area contributed by atoms with Crippen molar-refractivity contribution < 1.29 is 58.2 Å². The number of carboxylic acid groups (broad SMARTS) is 1. The highest BCUT2D eigenvalue weighted by atomic mass is 16.7. The molecule has 0 aromatic carbocycles. The fourth-order valence-corrected chi connectivity index (χ4v) is 8.94. The van der Waals surface area contributed by atoms with Crippen molar-refractivity contribution in [2.75, 3.05) is 13.2 Å². The van der Waals surface area contributed by atoms with E-state index in [0.717, 1.165) is 122 Å². The van der Waals surface area contributed by atoms with Crippen LogP contribution in [0.1, 0.15) is 265 Å². The van der Waals surface area contributed by atoms with E-state index >= 15 is 0 Å². The maximum Gasteiger partial charge on any atom is 0.335 e. The van der Waals surface area contributed by atoms with Crippen molar-refractivity contribution in [1.82, 2.24) is 0 Å². The van der Waals surface area contributed by atoms with Crippen LogP contribution in [0.4, 0.5) is 0 Å². The third-order valence-corrected chi connectivity index (χ3v) is 13.6. The number of aliphatic carboxylic acids is 1. The summed E-state index contributed by atoms with van der Waals surface area (Å²) < 4.78 is 28.4. The number of carbonyl (C=O) groups is 4. The molecule has 1 aliphatic rings. The first-order valence-electron chi connectivity index (χ1n) is 30.3. The van der Waals surface area contributed by atoms with Crippen LogP contribution in [-0.4, -0.2) is 89.2 Å². The second-order valence-corrected chi connectivity index (χ2v) is 20.6. The Labute approximate surface area is 456 Å². The van der Waals surface area contributed by atoms with Gasteiger partial charge in [0, 0.05) is 19.3 Å². The average molecular weight is 1060 g/mol. The van der Waals surface area contributed by atoms with Gasteiger partial charge >= 0.3 is 23.9 Å². The molecule has 1 heterocycles. The second kappa shape index (κ2) is 51.2. The molecule has 0 aliphatic carbocycles. The summed E-state index contributed by atoms with van der Waals surface area (Å²) >= 11 is 0. The van der Waals surface area contributed by atoms with E-state index in [1.165, 1.54) is 83.5 Å². The molecule has 12 nitrogen and oxygen atoms in total. The fourth-order valence-electron chi connectivity index (χ4n) is 8.94. The van der Waals surface area contributed by atoms with Crippen LogP contribution < -0.4 is 0 Å². The van der Waals surface area contributed by atoms with Crippen LogP contribution in [-0.2, 0) is 42.9 Å². The first-order valence-corrected chi connectivity index (χ1v) is 30.3. The molecule has 1 fully saturated rings. The summed E-state index contributed by atoms with van der Waals surface area (Å²) in [6.07, 6.45) is 50.4. The summed E-state index contributed by atoms with van der Waals surface area (Å²) in [5.41, 5.74) is 0. The molecule has 75 heavy (non-hydrogen) atoms. The Hall–Kier alpha value is -3.58. The van der Waals surface area contributed by atoms with Gasteiger partial charge in [-0.25, -0.2) is 4.79 Å². The molecule has 0 radical (unpaired) electrons. The molecule has 0 aromatic heterocycles. The molecule has 432 valence electrons. The third kappa shape index (κ3) is 41.2. The smallest absolute Gasteiger partial charge is 0.335 e. The van der Waals surface area contributed by atoms with Crippen molar-refractivity contribution in [3.63, 3.8) is 0 Å². The van der Waals surface area contributed by atoms with Crippen molar-refractivity contribution >= 4 is 23.9 Å². The number of hydrogen-bond acceptors (Lipinski definition) is 11. The number of unbranched alkanes of at least 4 members (excludes halogenated alkanes) is 27. The van der Waals surface area contributed by atoms with Crippen LogP contribution in [0.15, 0.2) is 60.8 Å². The minimum absolute atomic E-state index is 0.0489. The normalized spacial score (nSPS) is 18.5. The summed E-state index contributed by atoms with van der Waals surface area (Å²) in [5.74, 6) is -3.13. The Morgan fingerprint density at radius 3 is 1.31 bits per heavy atom. The van der Waals surface area contributed by atoms with E-state index in [4.69, 9.17) is 23.7 Å².